The molecule has 0 saturated heterocycles. The van der Waals surface area contributed by atoms with Gasteiger partial charge in [-0.2, -0.15) is 0 Å². The Bertz CT molecular complexity index is 342. The summed E-state index contributed by atoms with van der Waals surface area (Å²) in [7, 11) is 0. The summed E-state index contributed by atoms with van der Waals surface area (Å²) in [6.07, 6.45) is 2.23. The second-order valence-corrected chi connectivity index (χ2v) is 3.81. The molecule has 0 radical (unpaired) electrons. The van der Waals surface area contributed by atoms with Gasteiger partial charge < -0.3 is 9.40 Å². The highest BCUT2D eigenvalue weighted by molar-refractivity contribution is 7.71. The van der Waals surface area contributed by atoms with Gasteiger partial charge in [0.1, 0.15) is 5.76 Å². The van der Waals surface area contributed by atoms with Crippen molar-refractivity contribution >= 4 is 12.2 Å². The Kier molecular flexibility index (Phi) is 2.51. The van der Waals surface area contributed by atoms with Crippen LogP contribution in [0.4, 0.5) is 0 Å². The minimum Gasteiger partial charge on any atom is -0.433 e. The smallest absolute Gasteiger partial charge is 0.266 e. The van der Waals surface area contributed by atoms with E-state index in [1.165, 1.54) is 12.1 Å². The minimum absolute atomic E-state index is 0.517. The second-order valence-electron chi connectivity index (χ2n) is 3.44. The zero-order chi connectivity index (χ0) is 9.26. The zero-order valence-corrected chi connectivity index (χ0v) is 8.62. The number of hydrogen-bond acceptors (Lipinski definition) is 3. The third-order valence-corrected chi connectivity index (χ3v) is 2.58. The Hall–Kier alpha value is -0.610. The second kappa shape index (κ2) is 3.64. The molecule has 1 aliphatic heterocycles. The first-order chi connectivity index (χ1) is 6.29. The lowest BCUT2D eigenvalue weighted by Crippen LogP contribution is -2.30. The van der Waals surface area contributed by atoms with Crippen LogP contribution in [0.25, 0.3) is 0 Å². The number of aromatic nitrogens is 1. The highest BCUT2D eigenvalue weighted by atomic mass is 32.1. The van der Waals surface area contributed by atoms with Crippen molar-refractivity contribution in [3.8, 4) is 0 Å². The molecule has 1 aliphatic rings. The maximum absolute atomic E-state index is 5.40. The average Bonchev–Trinajstić information content (AvgIpc) is 2.44. The standard InChI is InChI=1S/C9H14N2OS/c1-2-4-11-5-3-7-8(6-11)12-9(13)10-7/h2-6H2,1H3,(H,10,13). The molecule has 0 aromatic carbocycles. The minimum atomic E-state index is 0.517. The summed E-state index contributed by atoms with van der Waals surface area (Å²) in [6.45, 7) is 5.37. The summed E-state index contributed by atoms with van der Waals surface area (Å²) in [4.78, 5) is 5.99. The fourth-order valence-corrected chi connectivity index (χ4v) is 2.00. The number of oxazole rings is 1. The normalized spacial score (nSPS) is 17.3. The Morgan fingerprint density at radius 2 is 2.46 bits per heavy atom. The van der Waals surface area contributed by atoms with E-state index in [2.05, 4.69) is 16.8 Å². The van der Waals surface area contributed by atoms with Crippen molar-refractivity contribution in [2.45, 2.75) is 26.3 Å². The van der Waals surface area contributed by atoms with E-state index in [0.29, 0.717) is 4.84 Å². The first-order valence-electron chi connectivity index (χ1n) is 4.73. The molecule has 0 amide bonds. The van der Waals surface area contributed by atoms with E-state index in [-0.39, 0.29) is 0 Å². The average molecular weight is 198 g/mol. The Labute approximate surface area is 82.7 Å². The number of aromatic amines is 1. The maximum atomic E-state index is 5.40. The van der Waals surface area contributed by atoms with Gasteiger partial charge in [0.25, 0.3) is 4.84 Å². The number of hydrogen-bond donors (Lipinski definition) is 1. The molecule has 3 nitrogen and oxygen atoms in total. The molecule has 0 bridgehead atoms. The summed E-state index contributed by atoms with van der Waals surface area (Å²) in [6, 6.07) is 0. The summed E-state index contributed by atoms with van der Waals surface area (Å²) < 4.78 is 5.40. The van der Waals surface area contributed by atoms with E-state index >= 15 is 0 Å². The van der Waals surface area contributed by atoms with E-state index in [9.17, 15) is 0 Å². The largest absolute Gasteiger partial charge is 0.433 e. The topological polar surface area (TPSA) is 32.2 Å². The quantitative estimate of drug-likeness (QED) is 0.739. The Balaban J connectivity index is 2.14. The number of H-pyrrole nitrogens is 1. The fourth-order valence-electron chi connectivity index (χ4n) is 1.78. The van der Waals surface area contributed by atoms with Crippen molar-refractivity contribution in [1.82, 2.24) is 9.88 Å². The van der Waals surface area contributed by atoms with E-state index in [0.717, 1.165) is 31.8 Å². The molecular formula is C9H14N2OS. The van der Waals surface area contributed by atoms with Crippen LogP contribution in [0, 0.1) is 4.84 Å². The van der Waals surface area contributed by atoms with Gasteiger partial charge in [-0.1, -0.05) is 6.92 Å². The first kappa shape index (κ1) is 8.97. The van der Waals surface area contributed by atoms with E-state index < -0.39 is 0 Å². The van der Waals surface area contributed by atoms with Gasteiger partial charge in [0.15, 0.2) is 0 Å². The van der Waals surface area contributed by atoms with Gasteiger partial charge >= 0.3 is 0 Å². The number of rotatable bonds is 2. The van der Waals surface area contributed by atoms with Crippen LogP contribution in [0.2, 0.25) is 0 Å². The highest BCUT2D eigenvalue weighted by Gasteiger charge is 2.18. The van der Waals surface area contributed by atoms with Crippen LogP contribution in [-0.4, -0.2) is 23.0 Å². The molecule has 2 rings (SSSR count). The third kappa shape index (κ3) is 1.84. The van der Waals surface area contributed by atoms with Gasteiger partial charge in [-0.3, -0.25) is 4.90 Å². The van der Waals surface area contributed by atoms with E-state index in [1.807, 2.05) is 0 Å². The lowest BCUT2D eigenvalue weighted by molar-refractivity contribution is 0.228. The van der Waals surface area contributed by atoms with Gasteiger partial charge in [0.2, 0.25) is 0 Å². The molecule has 0 aliphatic carbocycles. The molecule has 1 N–H and O–H groups in total. The molecule has 1 aromatic heterocycles. The summed E-state index contributed by atoms with van der Waals surface area (Å²) in [5.74, 6) is 1.03. The molecule has 0 saturated carbocycles. The Morgan fingerprint density at radius 3 is 3.23 bits per heavy atom. The monoisotopic (exact) mass is 198 g/mol. The highest BCUT2D eigenvalue weighted by Crippen LogP contribution is 2.17. The van der Waals surface area contributed by atoms with Gasteiger partial charge in [-0.15, -0.1) is 0 Å². The molecule has 0 spiro atoms. The van der Waals surface area contributed by atoms with E-state index in [1.54, 1.807) is 0 Å². The molecule has 2 heterocycles. The van der Waals surface area contributed by atoms with Crippen molar-refractivity contribution in [1.29, 1.82) is 0 Å². The summed E-state index contributed by atoms with van der Waals surface area (Å²) in [5.41, 5.74) is 1.19. The predicted octanol–water partition coefficient (Wildman–Crippen LogP) is 2.11. The van der Waals surface area contributed by atoms with Crippen LogP contribution in [0.15, 0.2) is 4.42 Å². The molecule has 13 heavy (non-hydrogen) atoms. The molecule has 0 atom stereocenters. The van der Waals surface area contributed by atoms with E-state index in [4.69, 9.17) is 16.6 Å². The molecule has 0 fully saturated rings. The lowest BCUT2D eigenvalue weighted by Gasteiger charge is -2.24. The molecule has 1 aromatic rings. The number of nitrogens with zero attached hydrogens (tertiary/aromatic N) is 1. The fraction of sp³-hybridized carbons (Fsp3) is 0.667. The van der Waals surface area contributed by atoms with Crippen LogP contribution in [-0.2, 0) is 13.0 Å². The van der Waals surface area contributed by atoms with Crippen LogP contribution in [0.5, 0.6) is 0 Å². The maximum Gasteiger partial charge on any atom is 0.266 e. The van der Waals surface area contributed by atoms with Gasteiger partial charge in [-0.05, 0) is 25.2 Å². The molecule has 72 valence electrons. The van der Waals surface area contributed by atoms with Crippen molar-refractivity contribution in [3.05, 3.63) is 16.3 Å². The molecular weight excluding hydrogens is 184 g/mol. The van der Waals surface area contributed by atoms with Crippen LogP contribution in [0.3, 0.4) is 0 Å². The predicted molar refractivity (Wildman–Crippen MR) is 53.2 cm³/mol. The summed E-state index contributed by atoms with van der Waals surface area (Å²) in [5, 5.41) is 0. The Morgan fingerprint density at radius 1 is 1.62 bits per heavy atom. The molecule has 0 unspecified atom stereocenters. The van der Waals surface area contributed by atoms with Crippen molar-refractivity contribution < 1.29 is 4.42 Å². The van der Waals surface area contributed by atoms with Crippen molar-refractivity contribution in [2.24, 2.45) is 0 Å². The first-order valence-corrected chi connectivity index (χ1v) is 5.13. The number of nitrogens with one attached hydrogen (secondary N) is 1. The van der Waals surface area contributed by atoms with Crippen molar-refractivity contribution in [2.75, 3.05) is 13.1 Å². The summed E-state index contributed by atoms with van der Waals surface area (Å²) >= 11 is 4.94. The zero-order valence-electron chi connectivity index (χ0n) is 7.80. The third-order valence-electron chi connectivity index (χ3n) is 2.39. The van der Waals surface area contributed by atoms with Gasteiger partial charge in [0.05, 0.1) is 12.2 Å². The van der Waals surface area contributed by atoms with Crippen LogP contribution in [0.1, 0.15) is 24.8 Å². The van der Waals surface area contributed by atoms with Crippen LogP contribution >= 0.6 is 12.2 Å². The van der Waals surface area contributed by atoms with Crippen LogP contribution < -0.4 is 0 Å². The number of fused-ring (bicyclic) bond motifs is 1. The van der Waals surface area contributed by atoms with Gasteiger partial charge in [-0.25, -0.2) is 0 Å². The lowest BCUT2D eigenvalue weighted by atomic mass is 10.1. The molecule has 4 heteroatoms. The van der Waals surface area contributed by atoms with Gasteiger partial charge in [0, 0.05) is 13.0 Å². The SMILES string of the molecule is CCCN1CCc2[nH]c(=S)oc2C1. The van der Waals surface area contributed by atoms with Crippen molar-refractivity contribution in [3.63, 3.8) is 0 Å².